The van der Waals surface area contributed by atoms with Gasteiger partial charge < -0.3 is 14.6 Å². The molecule has 0 unspecified atom stereocenters. The number of carbonyl (C=O) groups excluding carboxylic acids is 1. The smallest absolute Gasteiger partial charge is 0.260 e. The van der Waals surface area contributed by atoms with Gasteiger partial charge in [-0.3, -0.25) is 4.79 Å². The predicted octanol–water partition coefficient (Wildman–Crippen LogP) is 5.36. The van der Waals surface area contributed by atoms with Gasteiger partial charge in [0.15, 0.2) is 0 Å². The average molecular weight is 415 g/mol. The fourth-order valence-corrected chi connectivity index (χ4v) is 2.88. The van der Waals surface area contributed by atoms with Crippen molar-refractivity contribution >= 4 is 11.6 Å². The second kappa shape index (κ2) is 9.04. The third-order valence-electron chi connectivity index (χ3n) is 4.42. The van der Waals surface area contributed by atoms with E-state index < -0.39 is 0 Å². The van der Waals surface area contributed by atoms with Gasteiger partial charge in [-0.15, -0.1) is 0 Å². The molecule has 0 aliphatic carbocycles. The van der Waals surface area contributed by atoms with Crippen molar-refractivity contribution in [2.75, 3.05) is 11.9 Å². The second-order valence-corrected chi connectivity index (χ2v) is 6.55. The van der Waals surface area contributed by atoms with Crippen LogP contribution in [-0.4, -0.2) is 22.7 Å². The Morgan fingerprint density at radius 1 is 1.06 bits per heavy atom. The van der Waals surface area contributed by atoms with Crippen LogP contribution in [0.3, 0.4) is 0 Å². The molecule has 0 saturated heterocycles. The minimum absolute atomic E-state index is 0.239. The number of hydrogen-bond acceptors (Lipinski definition) is 5. The molecule has 0 atom stereocenters. The van der Waals surface area contributed by atoms with Crippen molar-refractivity contribution in [3.05, 3.63) is 96.8 Å². The van der Waals surface area contributed by atoms with Crippen molar-refractivity contribution in [1.82, 2.24) is 10.1 Å². The third kappa shape index (κ3) is 4.67. The van der Waals surface area contributed by atoms with Crippen molar-refractivity contribution in [2.24, 2.45) is 0 Å². The summed E-state index contributed by atoms with van der Waals surface area (Å²) in [5.74, 6) is 0.576. The summed E-state index contributed by atoms with van der Waals surface area (Å²) in [6.45, 7) is 3.99. The van der Waals surface area contributed by atoms with Gasteiger partial charge in [-0.2, -0.15) is 4.98 Å². The van der Waals surface area contributed by atoms with Crippen molar-refractivity contribution < 1.29 is 18.4 Å². The van der Waals surface area contributed by atoms with E-state index in [9.17, 15) is 9.18 Å². The molecule has 1 N–H and O–H groups in total. The standard InChI is InChI=1S/C24H18FN3O3/c1-2-15-30-19-13-9-17(10-14-19)23(29)26-21-6-4-3-5-20(21)24-27-22(28-31-24)16-7-11-18(25)12-8-16/h2-14H,1,15H2,(H,26,29). The molecule has 1 amide bonds. The molecule has 0 aliphatic rings. The number of aromatic nitrogens is 2. The molecule has 0 radical (unpaired) electrons. The summed E-state index contributed by atoms with van der Waals surface area (Å²) in [6, 6.07) is 19.7. The normalized spacial score (nSPS) is 10.5. The topological polar surface area (TPSA) is 77.2 Å². The molecule has 0 fully saturated rings. The van der Waals surface area contributed by atoms with Gasteiger partial charge in [0.2, 0.25) is 5.82 Å². The molecule has 31 heavy (non-hydrogen) atoms. The monoisotopic (exact) mass is 415 g/mol. The number of nitrogens with zero attached hydrogens (tertiary/aromatic N) is 2. The van der Waals surface area contributed by atoms with Gasteiger partial charge >= 0.3 is 0 Å². The molecular weight excluding hydrogens is 397 g/mol. The van der Waals surface area contributed by atoms with Crippen molar-refractivity contribution in [3.63, 3.8) is 0 Å². The van der Waals surface area contributed by atoms with Crippen LogP contribution in [0.2, 0.25) is 0 Å². The molecule has 4 aromatic rings. The zero-order valence-electron chi connectivity index (χ0n) is 16.4. The van der Waals surface area contributed by atoms with Crippen LogP contribution in [0.4, 0.5) is 10.1 Å². The van der Waals surface area contributed by atoms with Crippen molar-refractivity contribution in [2.45, 2.75) is 0 Å². The molecule has 1 heterocycles. The van der Waals surface area contributed by atoms with Crippen LogP contribution in [-0.2, 0) is 0 Å². The number of para-hydroxylation sites is 1. The van der Waals surface area contributed by atoms with Crippen LogP contribution in [0.25, 0.3) is 22.8 Å². The third-order valence-corrected chi connectivity index (χ3v) is 4.42. The van der Waals surface area contributed by atoms with E-state index in [0.717, 1.165) is 0 Å². The molecule has 0 bridgehead atoms. The van der Waals surface area contributed by atoms with Crippen molar-refractivity contribution in [3.8, 4) is 28.6 Å². The van der Waals surface area contributed by atoms with Crippen LogP contribution < -0.4 is 10.1 Å². The Morgan fingerprint density at radius 3 is 2.55 bits per heavy atom. The number of halogens is 1. The molecule has 7 heteroatoms. The quantitative estimate of drug-likeness (QED) is 0.411. The maximum Gasteiger partial charge on any atom is 0.260 e. The number of benzene rings is 3. The maximum absolute atomic E-state index is 13.1. The number of anilines is 1. The number of amides is 1. The van der Waals surface area contributed by atoms with Crippen LogP contribution in [0.15, 0.2) is 90.0 Å². The predicted molar refractivity (Wildman–Crippen MR) is 115 cm³/mol. The Bertz CT molecular complexity index is 1200. The fraction of sp³-hybridized carbons (Fsp3) is 0.0417. The summed E-state index contributed by atoms with van der Waals surface area (Å²) >= 11 is 0. The Labute approximate surface area is 178 Å². The summed E-state index contributed by atoms with van der Waals surface area (Å²) in [6.07, 6.45) is 1.65. The summed E-state index contributed by atoms with van der Waals surface area (Å²) in [4.78, 5) is 17.1. The minimum Gasteiger partial charge on any atom is -0.490 e. The first-order chi connectivity index (χ1) is 15.1. The van der Waals surface area contributed by atoms with Crippen LogP contribution in [0, 0.1) is 5.82 Å². The highest BCUT2D eigenvalue weighted by molar-refractivity contribution is 6.06. The van der Waals surface area contributed by atoms with E-state index in [0.29, 0.717) is 40.6 Å². The second-order valence-electron chi connectivity index (χ2n) is 6.55. The minimum atomic E-state index is -0.346. The molecule has 4 rings (SSSR count). The summed E-state index contributed by atoms with van der Waals surface area (Å²) in [7, 11) is 0. The lowest BCUT2D eigenvalue weighted by Crippen LogP contribution is -2.12. The van der Waals surface area contributed by atoms with E-state index in [-0.39, 0.29) is 17.6 Å². The van der Waals surface area contributed by atoms with Gasteiger partial charge in [-0.1, -0.05) is 29.9 Å². The van der Waals surface area contributed by atoms with Gasteiger partial charge in [-0.05, 0) is 60.7 Å². The first-order valence-electron chi connectivity index (χ1n) is 9.48. The molecular formula is C24H18FN3O3. The first kappa shape index (κ1) is 20.0. The highest BCUT2D eigenvalue weighted by atomic mass is 19.1. The lowest BCUT2D eigenvalue weighted by atomic mass is 10.1. The zero-order valence-corrected chi connectivity index (χ0v) is 16.4. The van der Waals surface area contributed by atoms with Crippen LogP contribution in [0.5, 0.6) is 5.75 Å². The molecule has 0 aliphatic heterocycles. The molecule has 0 saturated carbocycles. The van der Waals surface area contributed by atoms with Crippen LogP contribution >= 0.6 is 0 Å². The van der Waals surface area contributed by atoms with Gasteiger partial charge in [-0.25, -0.2) is 4.39 Å². The zero-order chi connectivity index (χ0) is 21.6. The van der Waals surface area contributed by atoms with E-state index in [1.807, 2.05) is 0 Å². The van der Waals surface area contributed by atoms with E-state index in [1.54, 1.807) is 66.7 Å². The largest absolute Gasteiger partial charge is 0.490 e. The summed E-state index contributed by atoms with van der Waals surface area (Å²) < 4.78 is 24.0. The van der Waals surface area contributed by atoms with E-state index in [4.69, 9.17) is 9.26 Å². The highest BCUT2D eigenvalue weighted by Gasteiger charge is 2.16. The molecule has 0 spiro atoms. The molecule has 154 valence electrons. The molecule has 3 aromatic carbocycles. The van der Waals surface area contributed by atoms with Gasteiger partial charge in [0.25, 0.3) is 11.8 Å². The SMILES string of the molecule is C=CCOc1ccc(C(=O)Nc2ccccc2-c2nc(-c3ccc(F)cc3)no2)cc1. The van der Waals surface area contributed by atoms with Crippen LogP contribution in [0.1, 0.15) is 10.4 Å². The lowest BCUT2D eigenvalue weighted by Gasteiger charge is -2.09. The number of hydrogen-bond donors (Lipinski definition) is 1. The number of carbonyl (C=O) groups is 1. The van der Waals surface area contributed by atoms with E-state index in [2.05, 4.69) is 22.0 Å². The maximum atomic E-state index is 13.1. The number of ether oxygens (including phenoxy) is 1. The Balaban J connectivity index is 1.54. The number of rotatable bonds is 7. The first-order valence-corrected chi connectivity index (χ1v) is 9.48. The van der Waals surface area contributed by atoms with E-state index in [1.165, 1.54) is 12.1 Å². The molecule has 1 aromatic heterocycles. The van der Waals surface area contributed by atoms with Crippen molar-refractivity contribution in [1.29, 1.82) is 0 Å². The van der Waals surface area contributed by atoms with Gasteiger partial charge in [0.05, 0.1) is 11.3 Å². The Morgan fingerprint density at radius 2 is 1.81 bits per heavy atom. The summed E-state index contributed by atoms with van der Waals surface area (Å²) in [5, 5.41) is 6.83. The Kier molecular flexibility index (Phi) is 5.84. The Hall–Kier alpha value is -4.26. The van der Waals surface area contributed by atoms with E-state index >= 15 is 0 Å². The van der Waals surface area contributed by atoms with Gasteiger partial charge in [0, 0.05) is 11.1 Å². The highest BCUT2D eigenvalue weighted by Crippen LogP contribution is 2.29. The fourth-order valence-electron chi connectivity index (χ4n) is 2.88. The average Bonchev–Trinajstić information content (AvgIpc) is 3.29. The number of nitrogens with one attached hydrogen (secondary N) is 1. The lowest BCUT2D eigenvalue weighted by molar-refractivity contribution is 0.102. The molecule has 6 nitrogen and oxygen atoms in total. The summed E-state index contributed by atoms with van der Waals surface area (Å²) in [5.41, 5.74) is 2.19. The van der Waals surface area contributed by atoms with Gasteiger partial charge in [0.1, 0.15) is 18.2 Å².